The average Bonchev–Trinajstić information content (AvgIpc) is 3.20. The first-order valence-electron chi connectivity index (χ1n) is 6.77. The van der Waals surface area contributed by atoms with Gasteiger partial charge in [-0.1, -0.05) is 25.1 Å². The molecule has 2 N–H and O–H groups in total. The minimum Gasteiger partial charge on any atom is -0.493 e. The summed E-state index contributed by atoms with van der Waals surface area (Å²) in [5.74, 6) is 2.50. The zero-order chi connectivity index (χ0) is 11.8. The van der Waals surface area contributed by atoms with Gasteiger partial charge in [0.2, 0.25) is 0 Å². The third-order valence-electron chi connectivity index (χ3n) is 4.26. The normalized spacial score (nSPS) is 22.5. The van der Waals surface area contributed by atoms with Crippen molar-refractivity contribution in [1.29, 1.82) is 0 Å². The van der Waals surface area contributed by atoms with Crippen LogP contribution in [0.15, 0.2) is 18.2 Å². The number of benzene rings is 1. The summed E-state index contributed by atoms with van der Waals surface area (Å²) in [6.45, 7) is 3.12. The molecule has 2 atom stereocenters. The second-order valence-corrected chi connectivity index (χ2v) is 5.51. The van der Waals surface area contributed by atoms with Gasteiger partial charge in [0.15, 0.2) is 0 Å². The van der Waals surface area contributed by atoms with Gasteiger partial charge in [0, 0.05) is 11.6 Å². The second-order valence-electron chi connectivity index (χ2n) is 5.51. The van der Waals surface area contributed by atoms with Crippen LogP contribution in [-0.2, 0) is 6.42 Å². The van der Waals surface area contributed by atoms with Crippen LogP contribution in [0.3, 0.4) is 0 Å². The van der Waals surface area contributed by atoms with Crippen molar-refractivity contribution in [2.24, 2.45) is 17.6 Å². The smallest absolute Gasteiger partial charge is 0.127 e. The molecule has 2 aliphatic rings. The number of rotatable bonds is 3. The molecular weight excluding hydrogens is 210 g/mol. The molecule has 1 aliphatic carbocycles. The van der Waals surface area contributed by atoms with E-state index in [1.165, 1.54) is 24.0 Å². The number of fused-ring (bicyclic) bond motifs is 1. The molecule has 2 nitrogen and oxygen atoms in total. The van der Waals surface area contributed by atoms with Crippen molar-refractivity contribution in [2.75, 3.05) is 6.61 Å². The van der Waals surface area contributed by atoms with E-state index in [-0.39, 0.29) is 6.04 Å². The van der Waals surface area contributed by atoms with E-state index >= 15 is 0 Å². The van der Waals surface area contributed by atoms with Crippen LogP contribution in [0.25, 0.3) is 0 Å². The Morgan fingerprint density at radius 2 is 2.18 bits per heavy atom. The van der Waals surface area contributed by atoms with Crippen LogP contribution >= 0.6 is 0 Å². The first-order chi connectivity index (χ1) is 8.27. The monoisotopic (exact) mass is 231 g/mol. The topological polar surface area (TPSA) is 35.2 Å². The first kappa shape index (κ1) is 11.1. The van der Waals surface area contributed by atoms with Crippen LogP contribution in [0, 0.1) is 11.8 Å². The molecular formula is C15H21NO. The van der Waals surface area contributed by atoms with Crippen molar-refractivity contribution in [2.45, 2.75) is 38.6 Å². The molecule has 1 aliphatic heterocycles. The summed E-state index contributed by atoms with van der Waals surface area (Å²) < 4.78 is 5.85. The van der Waals surface area contributed by atoms with E-state index < -0.39 is 0 Å². The minimum absolute atomic E-state index is 0.135. The van der Waals surface area contributed by atoms with E-state index in [9.17, 15) is 0 Å². The molecule has 0 amide bonds. The fourth-order valence-corrected chi connectivity index (χ4v) is 2.88. The maximum atomic E-state index is 6.42. The average molecular weight is 231 g/mol. The molecule has 0 bridgehead atoms. The van der Waals surface area contributed by atoms with Gasteiger partial charge < -0.3 is 10.5 Å². The molecule has 1 aromatic carbocycles. The van der Waals surface area contributed by atoms with Crippen molar-refractivity contribution < 1.29 is 4.74 Å². The molecule has 1 fully saturated rings. The Labute approximate surface area is 103 Å². The Bertz CT molecular complexity index is 411. The molecule has 0 spiro atoms. The lowest BCUT2D eigenvalue weighted by atomic mass is 9.89. The highest BCUT2D eigenvalue weighted by Gasteiger charge is 2.33. The maximum Gasteiger partial charge on any atom is 0.127 e. The number of nitrogens with two attached hydrogens (primary N) is 1. The molecule has 17 heavy (non-hydrogen) atoms. The van der Waals surface area contributed by atoms with E-state index in [0.29, 0.717) is 5.92 Å². The lowest BCUT2D eigenvalue weighted by Gasteiger charge is -2.26. The molecule has 0 radical (unpaired) electrons. The Morgan fingerprint density at radius 1 is 1.35 bits per heavy atom. The van der Waals surface area contributed by atoms with Crippen LogP contribution in [0.2, 0.25) is 0 Å². The highest BCUT2D eigenvalue weighted by molar-refractivity contribution is 5.44. The van der Waals surface area contributed by atoms with Gasteiger partial charge in [0.05, 0.1) is 6.61 Å². The zero-order valence-corrected chi connectivity index (χ0v) is 10.5. The van der Waals surface area contributed by atoms with Gasteiger partial charge in [0.25, 0.3) is 0 Å². The lowest BCUT2D eigenvalue weighted by molar-refractivity contribution is 0.278. The molecule has 0 saturated heterocycles. The van der Waals surface area contributed by atoms with E-state index in [4.69, 9.17) is 10.5 Å². The third kappa shape index (κ3) is 2.06. The summed E-state index contributed by atoms with van der Waals surface area (Å²) in [5.41, 5.74) is 8.99. The predicted octanol–water partition coefficient (Wildman–Crippen LogP) is 3.06. The Balaban J connectivity index is 1.90. The number of hydrogen-bond acceptors (Lipinski definition) is 2. The van der Waals surface area contributed by atoms with Crippen molar-refractivity contribution in [1.82, 2.24) is 0 Å². The second kappa shape index (κ2) is 4.34. The minimum atomic E-state index is 0.135. The standard InChI is InChI=1S/C15H21NO/c1-10(11-7-8-11)14(16)13-6-2-4-12-5-3-9-17-15(12)13/h2,4,6,10-11,14H,3,5,7-9,16H2,1H3. The number of para-hydroxylation sites is 1. The largest absolute Gasteiger partial charge is 0.493 e. The Kier molecular flexibility index (Phi) is 2.83. The number of aryl methyl sites for hydroxylation is 1. The van der Waals surface area contributed by atoms with Gasteiger partial charge in [0.1, 0.15) is 5.75 Å². The van der Waals surface area contributed by atoms with E-state index in [1.54, 1.807) is 0 Å². The van der Waals surface area contributed by atoms with Gasteiger partial charge in [-0.15, -0.1) is 0 Å². The summed E-state index contributed by atoms with van der Waals surface area (Å²) in [5, 5.41) is 0. The summed E-state index contributed by atoms with van der Waals surface area (Å²) in [4.78, 5) is 0. The van der Waals surface area contributed by atoms with E-state index in [1.807, 2.05) is 0 Å². The van der Waals surface area contributed by atoms with Gasteiger partial charge in [-0.05, 0) is 43.1 Å². The van der Waals surface area contributed by atoms with Crippen LogP contribution in [0.5, 0.6) is 5.75 Å². The van der Waals surface area contributed by atoms with Crippen molar-refractivity contribution >= 4 is 0 Å². The van der Waals surface area contributed by atoms with Gasteiger partial charge >= 0.3 is 0 Å². The SMILES string of the molecule is CC(C1CC1)C(N)c1cccc2c1OCCC2. The van der Waals surface area contributed by atoms with Crippen molar-refractivity contribution in [3.63, 3.8) is 0 Å². The molecule has 3 rings (SSSR count). The molecule has 92 valence electrons. The zero-order valence-electron chi connectivity index (χ0n) is 10.5. The molecule has 1 saturated carbocycles. The van der Waals surface area contributed by atoms with E-state index in [2.05, 4.69) is 25.1 Å². The van der Waals surface area contributed by atoms with Gasteiger partial charge in [-0.3, -0.25) is 0 Å². The van der Waals surface area contributed by atoms with Crippen LogP contribution in [-0.4, -0.2) is 6.61 Å². The highest BCUT2D eigenvalue weighted by Crippen LogP contribution is 2.44. The van der Waals surface area contributed by atoms with Crippen LogP contribution in [0.1, 0.15) is 43.4 Å². The Hall–Kier alpha value is -1.02. The fraction of sp³-hybridized carbons (Fsp3) is 0.600. The summed E-state index contributed by atoms with van der Waals surface area (Å²) >= 11 is 0. The van der Waals surface area contributed by atoms with Crippen molar-refractivity contribution in [3.8, 4) is 5.75 Å². The molecule has 2 heteroatoms. The highest BCUT2D eigenvalue weighted by atomic mass is 16.5. The van der Waals surface area contributed by atoms with E-state index in [0.717, 1.165) is 31.1 Å². The fourth-order valence-electron chi connectivity index (χ4n) is 2.88. The third-order valence-corrected chi connectivity index (χ3v) is 4.26. The number of hydrogen-bond donors (Lipinski definition) is 1. The predicted molar refractivity (Wildman–Crippen MR) is 69.1 cm³/mol. The van der Waals surface area contributed by atoms with Crippen molar-refractivity contribution in [3.05, 3.63) is 29.3 Å². The van der Waals surface area contributed by atoms with Crippen LogP contribution < -0.4 is 10.5 Å². The summed E-state index contributed by atoms with van der Waals surface area (Å²) in [6.07, 6.45) is 4.97. The Morgan fingerprint density at radius 3 is 2.94 bits per heavy atom. The van der Waals surface area contributed by atoms with Gasteiger partial charge in [-0.2, -0.15) is 0 Å². The first-order valence-corrected chi connectivity index (χ1v) is 6.77. The summed E-state index contributed by atoms with van der Waals surface area (Å²) in [6, 6.07) is 6.58. The lowest BCUT2D eigenvalue weighted by Crippen LogP contribution is -2.23. The van der Waals surface area contributed by atoms with Gasteiger partial charge in [-0.25, -0.2) is 0 Å². The number of ether oxygens (including phenoxy) is 1. The quantitative estimate of drug-likeness (QED) is 0.867. The molecule has 0 aromatic heterocycles. The molecule has 1 aromatic rings. The molecule has 1 heterocycles. The van der Waals surface area contributed by atoms with Crippen LogP contribution in [0.4, 0.5) is 0 Å². The summed E-state index contributed by atoms with van der Waals surface area (Å²) in [7, 11) is 0. The molecule has 2 unspecified atom stereocenters. The maximum absolute atomic E-state index is 6.42.